The number of benzene rings is 1. The normalized spacial score (nSPS) is 11.1. The standard InChI is InChI=1S/C12H16BrN3S/c1-3-11(15-16-12(17)14-4-2)9-6-5-7-10(13)8-9/h5-8H,3-4H2,1-2H3,(H2,14,16,17)/b15-11-. The quantitative estimate of drug-likeness (QED) is 0.509. The van der Waals surface area contributed by atoms with E-state index in [1.54, 1.807) is 0 Å². The molecule has 0 amide bonds. The SMILES string of the molecule is CCNC(=S)N/N=C(/CC)c1cccc(Br)c1. The topological polar surface area (TPSA) is 36.4 Å². The van der Waals surface area contributed by atoms with Crippen LogP contribution in [-0.2, 0) is 0 Å². The van der Waals surface area contributed by atoms with Gasteiger partial charge in [-0.2, -0.15) is 5.10 Å². The Hall–Kier alpha value is -0.940. The molecule has 0 aliphatic heterocycles. The van der Waals surface area contributed by atoms with Gasteiger partial charge in [0.2, 0.25) is 0 Å². The van der Waals surface area contributed by atoms with Crippen molar-refractivity contribution in [3.05, 3.63) is 34.3 Å². The van der Waals surface area contributed by atoms with Gasteiger partial charge in [0.1, 0.15) is 0 Å². The molecular weight excluding hydrogens is 298 g/mol. The van der Waals surface area contributed by atoms with Gasteiger partial charge < -0.3 is 5.32 Å². The molecule has 2 N–H and O–H groups in total. The number of thiocarbonyl (C=S) groups is 1. The minimum Gasteiger partial charge on any atom is -0.362 e. The number of rotatable bonds is 4. The molecular formula is C12H16BrN3S. The van der Waals surface area contributed by atoms with Crippen LogP contribution in [0.25, 0.3) is 0 Å². The highest BCUT2D eigenvalue weighted by molar-refractivity contribution is 9.10. The lowest BCUT2D eigenvalue weighted by Gasteiger charge is -2.07. The minimum atomic E-state index is 0.549. The first-order valence-electron chi connectivity index (χ1n) is 5.53. The lowest BCUT2D eigenvalue weighted by Crippen LogP contribution is -2.32. The maximum atomic E-state index is 5.06. The first-order chi connectivity index (χ1) is 8.17. The summed E-state index contributed by atoms with van der Waals surface area (Å²) in [6.07, 6.45) is 0.845. The minimum absolute atomic E-state index is 0.549. The number of halogens is 1. The molecule has 0 fully saturated rings. The lowest BCUT2D eigenvalue weighted by atomic mass is 10.1. The maximum absolute atomic E-state index is 5.06. The highest BCUT2D eigenvalue weighted by Gasteiger charge is 2.02. The molecule has 0 aliphatic carbocycles. The molecule has 1 aromatic carbocycles. The number of hydrazone groups is 1. The zero-order valence-electron chi connectivity index (χ0n) is 9.96. The van der Waals surface area contributed by atoms with E-state index in [1.807, 2.05) is 31.2 Å². The fraction of sp³-hybridized carbons (Fsp3) is 0.333. The third kappa shape index (κ3) is 4.83. The highest BCUT2D eigenvalue weighted by Crippen LogP contribution is 2.13. The second-order valence-corrected chi connectivity index (χ2v) is 4.72. The van der Waals surface area contributed by atoms with E-state index in [2.05, 4.69) is 38.7 Å². The predicted molar refractivity (Wildman–Crippen MR) is 80.4 cm³/mol. The smallest absolute Gasteiger partial charge is 0.186 e. The molecule has 1 rings (SSSR count). The van der Waals surface area contributed by atoms with Gasteiger partial charge in [0, 0.05) is 11.0 Å². The Morgan fingerprint density at radius 2 is 2.18 bits per heavy atom. The Morgan fingerprint density at radius 1 is 1.41 bits per heavy atom. The van der Waals surface area contributed by atoms with Crippen molar-refractivity contribution in [1.82, 2.24) is 10.7 Å². The zero-order chi connectivity index (χ0) is 12.7. The Morgan fingerprint density at radius 3 is 2.76 bits per heavy atom. The van der Waals surface area contributed by atoms with Crippen LogP contribution in [0, 0.1) is 0 Å². The van der Waals surface area contributed by atoms with Crippen LogP contribution < -0.4 is 10.7 Å². The molecule has 0 radical (unpaired) electrons. The summed E-state index contributed by atoms with van der Waals surface area (Å²) in [5.41, 5.74) is 4.92. The van der Waals surface area contributed by atoms with Gasteiger partial charge in [-0.1, -0.05) is 35.0 Å². The zero-order valence-corrected chi connectivity index (χ0v) is 12.4. The van der Waals surface area contributed by atoms with Crippen LogP contribution in [0.5, 0.6) is 0 Å². The fourth-order valence-electron chi connectivity index (χ4n) is 1.33. The van der Waals surface area contributed by atoms with Crippen molar-refractivity contribution in [3.8, 4) is 0 Å². The van der Waals surface area contributed by atoms with E-state index in [4.69, 9.17) is 12.2 Å². The first kappa shape index (κ1) is 14.1. The second-order valence-electron chi connectivity index (χ2n) is 3.39. The summed E-state index contributed by atoms with van der Waals surface area (Å²) in [5, 5.41) is 7.86. The Labute approximate surface area is 116 Å². The third-order valence-corrected chi connectivity index (χ3v) is 2.85. The second kappa shape index (κ2) is 7.40. The van der Waals surface area contributed by atoms with Crippen molar-refractivity contribution in [2.24, 2.45) is 5.10 Å². The van der Waals surface area contributed by atoms with E-state index in [1.165, 1.54) is 0 Å². The summed E-state index contributed by atoms with van der Waals surface area (Å²) in [6.45, 7) is 4.85. The predicted octanol–water partition coefficient (Wildman–Crippen LogP) is 3.05. The van der Waals surface area contributed by atoms with Gasteiger partial charge >= 0.3 is 0 Å². The van der Waals surface area contributed by atoms with Crippen molar-refractivity contribution < 1.29 is 0 Å². The number of hydrogen-bond donors (Lipinski definition) is 2. The Balaban J connectivity index is 2.77. The molecule has 0 heterocycles. The molecule has 5 heteroatoms. The molecule has 0 unspecified atom stereocenters. The largest absolute Gasteiger partial charge is 0.362 e. The van der Waals surface area contributed by atoms with Gasteiger partial charge in [0.25, 0.3) is 0 Å². The summed E-state index contributed by atoms with van der Waals surface area (Å²) < 4.78 is 1.05. The molecule has 3 nitrogen and oxygen atoms in total. The van der Waals surface area contributed by atoms with Crippen molar-refractivity contribution in [2.75, 3.05) is 6.54 Å². The summed E-state index contributed by atoms with van der Waals surface area (Å²) in [6, 6.07) is 8.06. The molecule has 0 saturated carbocycles. The van der Waals surface area contributed by atoms with E-state index in [-0.39, 0.29) is 0 Å². The molecule has 1 aromatic rings. The van der Waals surface area contributed by atoms with Crippen molar-refractivity contribution in [2.45, 2.75) is 20.3 Å². The average Bonchev–Trinajstić information content (AvgIpc) is 2.30. The highest BCUT2D eigenvalue weighted by atomic mass is 79.9. The van der Waals surface area contributed by atoms with E-state index in [0.717, 1.165) is 28.7 Å². The van der Waals surface area contributed by atoms with Crippen LogP contribution >= 0.6 is 28.1 Å². The molecule has 0 aromatic heterocycles. The van der Waals surface area contributed by atoms with Gasteiger partial charge in [-0.3, -0.25) is 5.43 Å². The molecule has 92 valence electrons. The van der Waals surface area contributed by atoms with E-state index >= 15 is 0 Å². The van der Waals surface area contributed by atoms with Gasteiger partial charge in [-0.05, 0) is 43.3 Å². The van der Waals surface area contributed by atoms with Gasteiger partial charge in [-0.15, -0.1) is 0 Å². The summed E-state index contributed by atoms with van der Waals surface area (Å²) in [4.78, 5) is 0. The Bertz CT molecular complexity index is 418. The fourth-order valence-corrected chi connectivity index (χ4v) is 1.92. The van der Waals surface area contributed by atoms with Crippen LogP contribution in [0.1, 0.15) is 25.8 Å². The molecule has 0 atom stereocenters. The van der Waals surface area contributed by atoms with Crippen LogP contribution in [0.3, 0.4) is 0 Å². The first-order valence-corrected chi connectivity index (χ1v) is 6.73. The van der Waals surface area contributed by atoms with Crippen molar-refractivity contribution >= 4 is 39.0 Å². The average molecular weight is 314 g/mol. The molecule has 0 spiro atoms. The molecule has 0 saturated heterocycles. The van der Waals surface area contributed by atoms with Crippen molar-refractivity contribution in [1.29, 1.82) is 0 Å². The van der Waals surface area contributed by atoms with Crippen LogP contribution in [0.4, 0.5) is 0 Å². The van der Waals surface area contributed by atoms with Crippen LogP contribution in [0.2, 0.25) is 0 Å². The molecule has 0 aliphatic rings. The maximum Gasteiger partial charge on any atom is 0.186 e. The van der Waals surface area contributed by atoms with Crippen molar-refractivity contribution in [3.63, 3.8) is 0 Å². The van der Waals surface area contributed by atoms with Gasteiger partial charge in [0.05, 0.1) is 5.71 Å². The lowest BCUT2D eigenvalue weighted by molar-refractivity contribution is 0.897. The van der Waals surface area contributed by atoms with E-state index in [0.29, 0.717) is 5.11 Å². The van der Waals surface area contributed by atoms with Crippen LogP contribution in [0.15, 0.2) is 33.8 Å². The van der Waals surface area contributed by atoms with E-state index in [9.17, 15) is 0 Å². The number of hydrogen-bond acceptors (Lipinski definition) is 2. The molecule has 0 bridgehead atoms. The summed E-state index contributed by atoms with van der Waals surface area (Å²) in [5.74, 6) is 0. The third-order valence-electron chi connectivity index (χ3n) is 2.12. The monoisotopic (exact) mass is 313 g/mol. The number of nitrogens with zero attached hydrogens (tertiary/aromatic N) is 1. The van der Waals surface area contributed by atoms with E-state index < -0.39 is 0 Å². The Kier molecular flexibility index (Phi) is 6.15. The summed E-state index contributed by atoms with van der Waals surface area (Å²) >= 11 is 8.51. The number of nitrogens with one attached hydrogen (secondary N) is 2. The van der Waals surface area contributed by atoms with Gasteiger partial charge in [0.15, 0.2) is 5.11 Å². The van der Waals surface area contributed by atoms with Crippen LogP contribution in [-0.4, -0.2) is 17.4 Å². The summed E-state index contributed by atoms with van der Waals surface area (Å²) in [7, 11) is 0. The van der Waals surface area contributed by atoms with Gasteiger partial charge in [-0.25, -0.2) is 0 Å². The molecule has 17 heavy (non-hydrogen) atoms.